The van der Waals surface area contributed by atoms with Gasteiger partial charge in [0.05, 0.1) is 13.0 Å². The second kappa shape index (κ2) is 31.8. The molecule has 0 rings (SSSR count). The molecule has 1 atom stereocenters. The molecule has 254 valence electrons. The van der Waals surface area contributed by atoms with E-state index in [2.05, 4.69) is 26.1 Å². The first kappa shape index (κ1) is 41.4. The first-order chi connectivity index (χ1) is 20.9. The highest BCUT2D eigenvalue weighted by atomic mass is 16.5. The molecule has 0 aliphatic heterocycles. The molecule has 6 nitrogen and oxygen atoms in total. The number of carbonyl (C=O) groups excluding carboxylic acids is 2. The van der Waals surface area contributed by atoms with Crippen LogP contribution in [0.2, 0.25) is 0 Å². The Morgan fingerprint density at radius 1 is 0.581 bits per heavy atom. The third kappa shape index (κ3) is 31.6. The Morgan fingerprint density at radius 3 is 1.40 bits per heavy atom. The van der Waals surface area contributed by atoms with E-state index < -0.39 is 24.4 Å². The van der Waals surface area contributed by atoms with Gasteiger partial charge in [0.2, 0.25) is 5.91 Å². The fraction of sp³-hybridized carbons (Fsp3) is 0.919. The van der Waals surface area contributed by atoms with Crippen LogP contribution in [0.3, 0.4) is 0 Å². The molecule has 0 fully saturated rings. The molecule has 0 aromatic heterocycles. The molecule has 0 aromatic carbocycles. The van der Waals surface area contributed by atoms with Gasteiger partial charge in [0.1, 0.15) is 6.04 Å². The lowest BCUT2D eigenvalue weighted by molar-refractivity contribution is -0.151. The van der Waals surface area contributed by atoms with Crippen molar-refractivity contribution < 1.29 is 24.2 Å². The molecular formula is C37H71NO5. The Kier molecular flexibility index (Phi) is 30.6. The number of ether oxygens (including phenoxy) is 1. The van der Waals surface area contributed by atoms with Gasteiger partial charge in [-0.25, -0.2) is 4.79 Å². The van der Waals surface area contributed by atoms with Crippen LogP contribution in [-0.4, -0.2) is 35.6 Å². The number of unbranched alkanes of at least 4 members (excludes halogenated alkanes) is 23. The van der Waals surface area contributed by atoms with E-state index in [9.17, 15) is 19.5 Å². The number of amides is 1. The first-order valence-electron chi connectivity index (χ1n) is 18.5. The predicted octanol–water partition coefficient (Wildman–Crippen LogP) is 10.7. The number of esters is 1. The molecule has 1 amide bonds. The summed E-state index contributed by atoms with van der Waals surface area (Å²) in [5.41, 5.74) is 0. The van der Waals surface area contributed by atoms with Crippen molar-refractivity contribution in [3.05, 3.63) is 0 Å². The number of nitrogens with one attached hydrogen (secondary N) is 1. The number of carboxylic acid groups (broad SMARTS) is 1. The van der Waals surface area contributed by atoms with Crippen molar-refractivity contribution in [2.75, 3.05) is 6.61 Å². The van der Waals surface area contributed by atoms with Crippen molar-refractivity contribution >= 4 is 17.8 Å². The summed E-state index contributed by atoms with van der Waals surface area (Å²) in [6.07, 6.45) is 32.3. The van der Waals surface area contributed by atoms with Gasteiger partial charge in [-0.05, 0) is 18.8 Å². The molecule has 6 heteroatoms. The average molecular weight is 610 g/mol. The molecule has 0 aliphatic rings. The van der Waals surface area contributed by atoms with E-state index in [1.165, 1.54) is 128 Å². The van der Waals surface area contributed by atoms with Crippen molar-refractivity contribution in [3.8, 4) is 0 Å². The van der Waals surface area contributed by atoms with E-state index in [1.807, 2.05) is 0 Å². The lowest BCUT2D eigenvalue weighted by atomic mass is 10.0. The molecule has 0 saturated heterocycles. The fourth-order valence-corrected chi connectivity index (χ4v) is 5.63. The highest BCUT2D eigenvalue weighted by Gasteiger charge is 2.25. The Hall–Kier alpha value is -1.59. The van der Waals surface area contributed by atoms with Crippen LogP contribution in [0.25, 0.3) is 0 Å². The van der Waals surface area contributed by atoms with E-state index in [4.69, 9.17) is 4.74 Å². The van der Waals surface area contributed by atoms with Gasteiger partial charge in [0.25, 0.3) is 0 Å². The topological polar surface area (TPSA) is 92.7 Å². The van der Waals surface area contributed by atoms with Gasteiger partial charge in [-0.2, -0.15) is 0 Å². The molecule has 0 heterocycles. The normalized spacial score (nSPS) is 12.0. The summed E-state index contributed by atoms with van der Waals surface area (Å²) in [7, 11) is 0. The maximum Gasteiger partial charge on any atom is 0.329 e. The van der Waals surface area contributed by atoms with Crippen LogP contribution in [0, 0.1) is 5.92 Å². The standard InChI is InChI=1S/C37H71NO5/c1-4-5-6-7-8-9-10-11-12-13-14-15-16-17-21-24-27-30-35(39)38-34(32-36(40)41)37(42)43-31-28-25-22-19-18-20-23-26-29-33(2)3/h33-34H,4-32H2,1-3H3,(H,38,39)(H,40,41)/t34-/m0/s1. The molecule has 0 aromatic rings. The van der Waals surface area contributed by atoms with Crippen LogP contribution in [-0.2, 0) is 19.1 Å². The van der Waals surface area contributed by atoms with E-state index >= 15 is 0 Å². The number of hydrogen-bond acceptors (Lipinski definition) is 4. The van der Waals surface area contributed by atoms with Gasteiger partial charge in [0, 0.05) is 6.42 Å². The van der Waals surface area contributed by atoms with Gasteiger partial charge in [0.15, 0.2) is 0 Å². The highest BCUT2D eigenvalue weighted by Crippen LogP contribution is 2.15. The zero-order chi connectivity index (χ0) is 31.8. The lowest BCUT2D eigenvalue weighted by Gasteiger charge is -2.16. The Morgan fingerprint density at radius 2 is 0.977 bits per heavy atom. The highest BCUT2D eigenvalue weighted by molar-refractivity contribution is 5.87. The first-order valence-corrected chi connectivity index (χ1v) is 18.5. The van der Waals surface area contributed by atoms with Crippen molar-refractivity contribution in [2.45, 2.75) is 207 Å². The minimum Gasteiger partial charge on any atom is -0.481 e. The molecule has 43 heavy (non-hydrogen) atoms. The number of aliphatic carboxylic acids is 1. The minimum absolute atomic E-state index is 0.266. The molecule has 0 aliphatic carbocycles. The van der Waals surface area contributed by atoms with Crippen LogP contribution < -0.4 is 5.32 Å². The fourth-order valence-electron chi connectivity index (χ4n) is 5.63. The number of carboxylic acids is 1. The summed E-state index contributed by atoms with van der Waals surface area (Å²) in [6, 6.07) is -1.11. The second-order valence-corrected chi connectivity index (χ2v) is 13.3. The van der Waals surface area contributed by atoms with Crippen LogP contribution in [0.4, 0.5) is 0 Å². The van der Waals surface area contributed by atoms with Crippen LogP contribution in [0.5, 0.6) is 0 Å². The molecule has 0 saturated carbocycles. The zero-order valence-electron chi connectivity index (χ0n) is 28.7. The SMILES string of the molecule is CCCCCCCCCCCCCCCCCCCC(=O)N[C@@H](CC(=O)O)C(=O)OCCCCCCCCCCC(C)C. The quantitative estimate of drug-likeness (QED) is 0.0570. The molecule has 0 spiro atoms. The summed E-state index contributed by atoms with van der Waals surface area (Å²) in [4.78, 5) is 36.0. The van der Waals surface area contributed by atoms with Crippen molar-refractivity contribution in [3.63, 3.8) is 0 Å². The van der Waals surface area contributed by atoms with Crippen molar-refractivity contribution in [1.82, 2.24) is 5.32 Å². The smallest absolute Gasteiger partial charge is 0.329 e. The van der Waals surface area contributed by atoms with Gasteiger partial charge in [-0.15, -0.1) is 0 Å². The predicted molar refractivity (Wildman–Crippen MR) is 180 cm³/mol. The van der Waals surface area contributed by atoms with Gasteiger partial charge in [-0.3, -0.25) is 9.59 Å². The van der Waals surface area contributed by atoms with E-state index in [0.717, 1.165) is 44.4 Å². The maximum atomic E-state index is 12.4. The van der Waals surface area contributed by atoms with Crippen LogP contribution in [0.15, 0.2) is 0 Å². The number of rotatable bonds is 33. The lowest BCUT2D eigenvalue weighted by Crippen LogP contribution is -2.43. The van der Waals surface area contributed by atoms with Crippen LogP contribution in [0.1, 0.15) is 201 Å². The van der Waals surface area contributed by atoms with Crippen molar-refractivity contribution in [1.29, 1.82) is 0 Å². The van der Waals surface area contributed by atoms with Crippen molar-refractivity contribution in [2.24, 2.45) is 5.92 Å². The monoisotopic (exact) mass is 610 g/mol. The van der Waals surface area contributed by atoms with Gasteiger partial charge >= 0.3 is 11.9 Å². The summed E-state index contributed by atoms with van der Waals surface area (Å²) >= 11 is 0. The molecule has 0 bridgehead atoms. The number of hydrogen-bond donors (Lipinski definition) is 2. The molecule has 2 N–H and O–H groups in total. The van der Waals surface area contributed by atoms with Gasteiger partial charge < -0.3 is 15.2 Å². The largest absolute Gasteiger partial charge is 0.481 e. The van der Waals surface area contributed by atoms with E-state index in [1.54, 1.807) is 0 Å². The molecule has 0 radical (unpaired) electrons. The third-order valence-corrected chi connectivity index (χ3v) is 8.43. The average Bonchev–Trinajstić information content (AvgIpc) is 2.96. The summed E-state index contributed by atoms with van der Waals surface area (Å²) in [6.45, 7) is 7.09. The van der Waals surface area contributed by atoms with Crippen LogP contribution >= 0.6 is 0 Å². The third-order valence-electron chi connectivity index (χ3n) is 8.43. The Labute approximate surface area is 266 Å². The summed E-state index contributed by atoms with van der Waals surface area (Å²) in [5.74, 6) is -1.23. The van der Waals surface area contributed by atoms with Gasteiger partial charge in [-0.1, -0.05) is 175 Å². The second-order valence-electron chi connectivity index (χ2n) is 13.3. The van der Waals surface area contributed by atoms with E-state index in [-0.39, 0.29) is 12.5 Å². The zero-order valence-corrected chi connectivity index (χ0v) is 28.7. The molecular weight excluding hydrogens is 538 g/mol. The number of carbonyl (C=O) groups is 3. The Balaban J connectivity index is 3.74. The Bertz CT molecular complexity index is 651. The summed E-state index contributed by atoms with van der Waals surface area (Å²) < 4.78 is 5.31. The maximum absolute atomic E-state index is 12.4. The summed E-state index contributed by atoms with van der Waals surface area (Å²) in [5, 5.41) is 11.8. The molecule has 0 unspecified atom stereocenters. The van der Waals surface area contributed by atoms with E-state index in [0.29, 0.717) is 6.42 Å². The minimum atomic E-state index is -1.12.